The van der Waals surface area contributed by atoms with E-state index in [1.54, 1.807) is 6.07 Å². The molecule has 0 aliphatic heterocycles. The molecule has 1 saturated carbocycles. The zero-order chi connectivity index (χ0) is 19.8. The zero-order valence-electron chi connectivity index (χ0n) is 15.7. The van der Waals surface area contributed by atoms with Gasteiger partial charge in [-0.05, 0) is 37.2 Å². The van der Waals surface area contributed by atoms with Crippen molar-refractivity contribution in [2.75, 3.05) is 0 Å². The van der Waals surface area contributed by atoms with Crippen LogP contribution in [0.1, 0.15) is 62.5 Å². The van der Waals surface area contributed by atoms with Crippen LogP contribution in [0.5, 0.6) is 0 Å². The maximum atomic E-state index is 13.0. The standard InChI is InChI=1S/C19H24F3N3O2/c1-18(2,3)9-15-14-7-11(10-23-17(14)27-25-15)16(26)24-13-6-4-5-12(8-13)19(20,21)22/h7,10,12-13H,4-6,8-9H2,1-3H3,(H,24,26)/t12-,13+/m1/s1. The van der Waals surface area contributed by atoms with Crippen molar-refractivity contribution < 1.29 is 22.5 Å². The van der Waals surface area contributed by atoms with Crippen LogP contribution in [-0.2, 0) is 6.42 Å². The van der Waals surface area contributed by atoms with Gasteiger partial charge in [0.2, 0.25) is 0 Å². The molecule has 0 saturated heterocycles. The van der Waals surface area contributed by atoms with Gasteiger partial charge in [0.15, 0.2) is 0 Å². The molecule has 2 atom stereocenters. The Kier molecular flexibility index (Phi) is 5.18. The van der Waals surface area contributed by atoms with Crippen LogP contribution in [-0.4, -0.2) is 28.3 Å². The van der Waals surface area contributed by atoms with E-state index >= 15 is 0 Å². The number of carbonyl (C=O) groups excluding carboxylic acids is 1. The Labute approximate surface area is 155 Å². The molecule has 3 rings (SSSR count). The highest BCUT2D eigenvalue weighted by atomic mass is 19.4. The first-order chi connectivity index (χ1) is 12.5. The summed E-state index contributed by atoms with van der Waals surface area (Å²) in [6.45, 7) is 6.20. The summed E-state index contributed by atoms with van der Waals surface area (Å²) in [5.41, 5.74) is 1.35. The first-order valence-corrected chi connectivity index (χ1v) is 9.15. The van der Waals surface area contributed by atoms with Gasteiger partial charge < -0.3 is 9.84 Å². The van der Waals surface area contributed by atoms with E-state index in [-0.39, 0.29) is 18.3 Å². The van der Waals surface area contributed by atoms with Crippen molar-refractivity contribution in [1.82, 2.24) is 15.5 Å². The lowest BCUT2D eigenvalue weighted by atomic mass is 9.85. The van der Waals surface area contributed by atoms with Crippen LogP contribution < -0.4 is 5.32 Å². The summed E-state index contributed by atoms with van der Waals surface area (Å²) >= 11 is 0. The molecule has 1 aliphatic carbocycles. The van der Waals surface area contributed by atoms with Gasteiger partial charge in [-0.3, -0.25) is 4.79 Å². The van der Waals surface area contributed by atoms with Gasteiger partial charge in [0.05, 0.1) is 22.6 Å². The predicted octanol–water partition coefficient (Wildman–Crippen LogP) is 4.66. The average molecular weight is 383 g/mol. The third-order valence-corrected chi connectivity index (χ3v) is 4.84. The van der Waals surface area contributed by atoms with Crippen molar-refractivity contribution in [3.8, 4) is 0 Å². The summed E-state index contributed by atoms with van der Waals surface area (Å²) in [6.07, 6.45) is -1.14. The van der Waals surface area contributed by atoms with Gasteiger partial charge in [0.25, 0.3) is 11.6 Å². The fraction of sp³-hybridized carbons (Fsp3) is 0.632. The number of hydrogen-bond donors (Lipinski definition) is 1. The number of nitrogens with one attached hydrogen (secondary N) is 1. The van der Waals surface area contributed by atoms with Gasteiger partial charge in [-0.25, -0.2) is 4.98 Å². The third-order valence-electron chi connectivity index (χ3n) is 4.84. The molecule has 27 heavy (non-hydrogen) atoms. The third kappa shape index (κ3) is 4.78. The van der Waals surface area contributed by atoms with E-state index in [2.05, 4.69) is 36.2 Å². The number of halogens is 3. The number of alkyl halides is 3. The van der Waals surface area contributed by atoms with Crippen LogP contribution in [0, 0.1) is 11.3 Å². The molecule has 0 unspecified atom stereocenters. The molecule has 0 spiro atoms. The van der Waals surface area contributed by atoms with Crippen molar-refractivity contribution in [1.29, 1.82) is 0 Å². The average Bonchev–Trinajstić information content (AvgIpc) is 2.95. The van der Waals surface area contributed by atoms with Gasteiger partial charge in [0, 0.05) is 12.2 Å². The minimum Gasteiger partial charge on any atom is -0.349 e. The largest absolute Gasteiger partial charge is 0.391 e. The predicted molar refractivity (Wildman–Crippen MR) is 94.2 cm³/mol. The molecule has 8 heteroatoms. The Morgan fingerprint density at radius 1 is 1.30 bits per heavy atom. The van der Waals surface area contributed by atoms with Crippen molar-refractivity contribution >= 4 is 17.0 Å². The molecule has 1 amide bonds. The molecule has 5 nitrogen and oxygen atoms in total. The van der Waals surface area contributed by atoms with Crippen LogP contribution in [0.2, 0.25) is 0 Å². The van der Waals surface area contributed by atoms with Gasteiger partial charge in [-0.15, -0.1) is 0 Å². The first kappa shape index (κ1) is 19.6. The Hall–Kier alpha value is -2.12. The smallest absolute Gasteiger partial charge is 0.349 e. The summed E-state index contributed by atoms with van der Waals surface area (Å²) in [7, 11) is 0. The quantitative estimate of drug-likeness (QED) is 0.837. The molecule has 0 radical (unpaired) electrons. The molecular formula is C19H24F3N3O2. The van der Waals surface area contributed by atoms with Crippen molar-refractivity contribution in [3.05, 3.63) is 23.5 Å². The maximum absolute atomic E-state index is 13.0. The second-order valence-electron chi connectivity index (χ2n) is 8.52. The van der Waals surface area contributed by atoms with Crippen molar-refractivity contribution in [2.45, 2.75) is 65.1 Å². The first-order valence-electron chi connectivity index (χ1n) is 9.15. The molecule has 2 aromatic rings. The number of carbonyl (C=O) groups is 1. The molecule has 0 aromatic carbocycles. The fourth-order valence-corrected chi connectivity index (χ4v) is 3.52. The normalized spacial score (nSPS) is 21.4. The molecule has 0 bridgehead atoms. The van der Waals surface area contributed by atoms with Crippen molar-refractivity contribution in [2.24, 2.45) is 11.3 Å². The summed E-state index contributed by atoms with van der Waals surface area (Å²) in [6, 6.07) is 1.17. The fourth-order valence-electron chi connectivity index (χ4n) is 3.52. The van der Waals surface area contributed by atoms with Gasteiger partial charge >= 0.3 is 6.18 Å². The van der Waals surface area contributed by atoms with Crippen LogP contribution in [0.4, 0.5) is 13.2 Å². The second-order valence-corrected chi connectivity index (χ2v) is 8.52. The van der Waals surface area contributed by atoms with Gasteiger partial charge in [0.1, 0.15) is 0 Å². The highest BCUT2D eigenvalue weighted by Gasteiger charge is 2.42. The number of hydrogen-bond acceptors (Lipinski definition) is 4. The SMILES string of the molecule is CC(C)(C)Cc1noc2ncc(C(=O)N[C@H]3CCC[C@@H](C(F)(F)F)C3)cc12. The van der Waals surface area contributed by atoms with E-state index in [9.17, 15) is 18.0 Å². The molecule has 2 heterocycles. The summed E-state index contributed by atoms with van der Waals surface area (Å²) < 4.78 is 44.1. The zero-order valence-corrected chi connectivity index (χ0v) is 15.7. The van der Waals surface area contributed by atoms with E-state index in [1.165, 1.54) is 6.20 Å². The number of nitrogens with zero attached hydrogens (tertiary/aromatic N) is 2. The van der Waals surface area contributed by atoms with E-state index in [0.717, 1.165) is 5.69 Å². The summed E-state index contributed by atoms with van der Waals surface area (Å²) in [5.74, 6) is -1.77. The van der Waals surface area contributed by atoms with Crippen LogP contribution >= 0.6 is 0 Å². The Morgan fingerprint density at radius 3 is 2.70 bits per heavy atom. The maximum Gasteiger partial charge on any atom is 0.391 e. The molecule has 1 fully saturated rings. The summed E-state index contributed by atoms with van der Waals surface area (Å²) in [5, 5.41) is 7.43. The number of rotatable bonds is 3. The minimum absolute atomic E-state index is 0.0171. The lowest BCUT2D eigenvalue weighted by Gasteiger charge is -2.31. The van der Waals surface area contributed by atoms with Crippen LogP contribution in [0.3, 0.4) is 0 Å². The molecule has 1 N–H and O–H groups in total. The Bertz CT molecular complexity index is 824. The lowest BCUT2D eigenvalue weighted by molar-refractivity contribution is -0.183. The number of amides is 1. The highest BCUT2D eigenvalue weighted by Crippen LogP contribution is 2.37. The van der Waals surface area contributed by atoms with E-state index in [1.807, 2.05) is 0 Å². The van der Waals surface area contributed by atoms with E-state index in [4.69, 9.17) is 4.52 Å². The molecule has 2 aromatic heterocycles. The van der Waals surface area contributed by atoms with Crippen LogP contribution in [0.25, 0.3) is 11.1 Å². The Morgan fingerprint density at radius 2 is 2.04 bits per heavy atom. The Balaban J connectivity index is 1.75. The van der Waals surface area contributed by atoms with Crippen LogP contribution in [0.15, 0.2) is 16.8 Å². The van der Waals surface area contributed by atoms with E-state index < -0.39 is 24.0 Å². The van der Waals surface area contributed by atoms with E-state index in [0.29, 0.717) is 35.9 Å². The number of pyridine rings is 1. The topological polar surface area (TPSA) is 68.0 Å². The molecular weight excluding hydrogens is 359 g/mol. The molecule has 148 valence electrons. The van der Waals surface area contributed by atoms with Gasteiger partial charge in [-0.1, -0.05) is 32.3 Å². The van der Waals surface area contributed by atoms with Gasteiger partial charge in [-0.2, -0.15) is 13.2 Å². The van der Waals surface area contributed by atoms with Crippen molar-refractivity contribution in [3.63, 3.8) is 0 Å². The monoisotopic (exact) mass is 383 g/mol. The minimum atomic E-state index is -4.21. The summed E-state index contributed by atoms with van der Waals surface area (Å²) in [4.78, 5) is 16.7. The number of aromatic nitrogens is 2. The molecule has 1 aliphatic rings. The highest BCUT2D eigenvalue weighted by molar-refractivity contribution is 5.97. The number of fused-ring (bicyclic) bond motifs is 1. The lowest BCUT2D eigenvalue weighted by Crippen LogP contribution is -2.41. The second kappa shape index (κ2) is 7.13.